The zero-order valence-electron chi connectivity index (χ0n) is 14.7. The molecule has 0 saturated heterocycles. The van der Waals surface area contributed by atoms with Crippen LogP contribution in [-0.2, 0) is 0 Å². The fourth-order valence-electron chi connectivity index (χ4n) is 3.11. The van der Waals surface area contributed by atoms with E-state index in [1.807, 2.05) is 13.8 Å². The number of carboxylic acid groups (broad SMARTS) is 1. The number of fused-ring (bicyclic) bond motifs is 1. The summed E-state index contributed by atoms with van der Waals surface area (Å²) in [5.41, 5.74) is 0.115. The van der Waals surface area contributed by atoms with Crippen LogP contribution < -0.4 is 0 Å². The van der Waals surface area contributed by atoms with Gasteiger partial charge in [0.2, 0.25) is 0 Å². The summed E-state index contributed by atoms with van der Waals surface area (Å²) in [5, 5.41) is 9.65. The molecule has 0 bridgehead atoms. The molecule has 1 atom stereocenters. The van der Waals surface area contributed by atoms with Crippen LogP contribution in [0.1, 0.15) is 55.3 Å². The van der Waals surface area contributed by atoms with Crippen molar-refractivity contribution in [2.75, 3.05) is 6.54 Å². The number of carbonyl (C=O) groups is 3. The third-order valence-corrected chi connectivity index (χ3v) is 4.28. The monoisotopic (exact) mass is 332 g/mol. The highest BCUT2D eigenvalue weighted by Gasteiger charge is 2.41. The first-order valence-corrected chi connectivity index (χ1v) is 8.03. The number of hydrogen-bond donors (Lipinski definition) is 1. The molecule has 0 aromatic heterocycles. The zero-order valence-corrected chi connectivity index (χ0v) is 14.7. The minimum absolute atomic E-state index is 0.0492. The van der Waals surface area contributed by atoms with Gasteiger partial charge in [-0.05, 0) is 38.8 Å². The fourth-order valence-corrected chi connectivity index (χ4v) is 3.11. The van der Waals surface area contributed by atoms with Crippen LogP contribution in [0.2, 0.25) is 0 Å². The van der Waals surface area contributed by atoms with Gasteiger partial charge in [0.1, 0.15) is 0 Å². The van der Waals surface area contributed by atoms with E-state index in [0.717, 1.165) is 4.90 Å². The maximum Gasteiger partial charge on any atom is 0.408 e. The summed E-state index contributed by atoms with van der Waals surface area (Å²) in [6.45, 7) is 9.25. The van der Waals surface area contributed by atoms with Crippen molar-refractivity contribution in [1.29, 1.82) is 0 Å². The number of amides is 3. The van der Waals surface area contributed by atoms with Crippen molar-refractivity contribution in [3.63, 3.8) is 0 Å². The van der Waals surface area contributed by atoms with Crippen LogP contribution in [0.3, 0.4) is 0 Å². The molecule has 130 valence electrons. The van der Waals surface area contributed by atoms with Gasteiger partial charge in [0, 0.05) is 5.54 Å². The number of rotatable bonds is 4. The van der Waals surface area contributed by atoms with Crippen LogP contribution in [0.15, 0.2) is 24.3 Å². The second-order valence-electron chi connectivity index (χ2n) is 7.40. The average molecular weight is 332 g/mol. The Morgan fingerprint density at radius 3 is 1.92 bits per heavy atom. The molecule has 1 aliphatic heterocycles. The highest BCUT2D eigenvalue weighted by molar-refractivity contribution is 6.21. The van der Waals surface area contributed by atoms with Crippen LogP contribution in [0, 0.1) is 5.92 Å². The SMILES string of the molecule is CC(C)C(CN1C(=O)c2ccccc2C1=O)N(C(=O)O)C(C)(C)C. The summed E-state index contributed by atoms with van der Waals surface area (Å²) < 4.78 is 0. The second-order valence-corrected chi connectivity index (χ2v) is 7.40. The van der Waals surface area contributed by atoms with Crippen molar-refractivity contribution < 1.29 is 19.5 Å². The Kier molecular flexibility index (Phi) is 4.69. The molecule has 6 heteroatoms. The normalized spacial score (nSPS) is 15.7. The van der Waals surface area contributed by atoms with Gasteiger partial charge in [-0.2, -0.15) is 0 Å². The zero-order chi connectivity index (χ0) is 18.2. The molecule has 0 aliphatic carbocycles. The minimum Gasteiger partial charge on any atom is -0.465 e. The Hall–Kier alpha value is -2.37. The first kappa shape index (κ1) is 18.0. The van der Waals surface area contributed by atoms with Crippen molar-refractivity contribution >= 4 is 17.9 Å². The molecular formula is C18H24N2O4. The highest BCUT2D eigenvalue weighted by Crippen LogP contribution is 2.27. The first-order valence-electron chi connectivity index (χ1n) is 8.03. The van der Waals surface area contributed by atoms with Gasteiger partial charge < -0.3 is 5.11 Å². The van der Waals surface area contributed by atoms with Crippen molar-refractivity contribution in [3.05, 3.63) is 35.4 Å². The smallest absolute Gasteiger partial charge is 0.408 e. The maximum atomic E-state index is 12.5. The summed E-state index contributed by atoms with van der Waals surface area (Å²) in [6, 6.07) is 6.19. The molecule has 0 saturated carbocycles. The summed E-state index contributed by atoms with van der Waals surface area (Å²) in [5.74, 6) is -0.773. The molecule has 1 heterocycles. The number of carbonyl (C=O) groups excluding carboxylic acids is 2. The predicted molar refractivity (Wildman–Crippen MR) is 90.1 cm³/mol. The van der Waals surface area contributed by atoms with Crippen LogP contribution >= 0.6 is 0 Å². The largest absolute Gasteiger partial charge is 0.465 e. The molecule has 2 rings (SSSR count). The van der Waals surface area contributed by atoms with E-state index < -0.39 is 17.7 Å². The van der Waals surface area contributed by atoms with E-state index in [9.17, 15) is 19.5 Å². The van der Waals surface area contributed by atoms with Gasteiger partial charge in [0.15, 0.2) is 0 Å². The van der Waals surface area contributed by atoms with Gasteiger partial charge in [-0.1, -0.05) is 26.0 Å². The lowest BCUT2D eigenvalue weighted by Gasteiger charge is -2.42. The Morgan fingerprint density at radius 2 is 1.58 bits per heavy atom. The number of imide groups is 1. The second kappa shape index (κ2) is 6.26. The van der Waals surface area contributed by atoms with Gasteiger partial charge in [-0.15, -0.1) is 0 Å². The lowest BCUT2D eigenvalue weighted by atomic mass is 9.96. The van der Waals surface area contributed by atoms with E-state index >= 15 is 0 Å². The first-order chi connectivity index (χ1) is 11.1. The fraction of sp³-hybridized carbons (Fsp3) is 0.500. The lowest BCUT2D eigenvalue weighted by molar-refractivity contribution is 0.0323. The Balaban J connectivity index is 2.35. The lowest BCUT2D eigenvalue weighted by Crippen LogP contribution is -2.57. The molecule has 1 aromatic carbocycles. The molecule has 3 amide bonds. The Bertz CT molecular complexity index is 641. The van der Waals surface area contributed by atoms with Gasteiger partial charge in [-0.25, -0.2) is 4.79 Å². The molecule has 1 unspecified atom stereocenters. The quantitative estimate of drug-likeness (QED) is 0.860. The highest BCUT2D eigenvalue weighted by atomic mass is 16.4. The third-order valence-electron chi connectivity index (χ3n) is 4.28. The summed E-state index contributed by atoms with van der Waals surface area (Å²) in [6.07, 6.45) is -1.06. The summed E-state index contributed by atoms with van der Waals surface area (Å²) in [7, 11) is 0. The van der Waals surface area contributed by atoms with E-state index in [1.165, 1.54) is 4.90 Å². The van der Waals surface area contributed by atoms with E-state index in [0.29, 0.717) is 11.1 Å². The van der Waals surface area contributed by atoms with Crippen molar-refractivity contribution in [2.45, 2.75) is 46.2 Å². The standard InChI is InChI=1S/C18H24N2O4/c1-11(2)14(20(17(23)24)18(3,4)5)10-19-15(21)12-8-6-7-9-13(12)16(19)22/h6-9,11,14H,10H2,1-5H3,(H,23,24). The van der Waals surface area contributed by atoms with E-state index in [1.54, 1.807) is 45.0 Å². The number of benzene rings is 1. The Morgan fingerprint density at radius 1 is 1.12 bits per heavy atom. The average Bonchev–Trinajstić information content (AvgIpc) is 2.70. The van der Waals surface area contributed by atoms with Crippen LogP contribution in [0.5, 0.6) is 0 Å². The topological polar surface area (TPSA) is 77.9 Å². The van der Waals surface area contributed by atoms with Gasteiger partial charge in [0.05, 0.1) is 23.7 Å². The molecule has 1 aliphatic rings. The predicted octanol–water partition coefficient (Wildman–Crippen LogP) is 3.09. The molecule has 1 N–H and O–H groups in total. The Labute approximate surface area is 142 Å². The molecule has 6 nitrogen and oxygen atoms in total. The van der Waals surface area contributed by atoms with Crippen LogP contribution in [-0.4, -0.2) is 50.9 Å². The van der Waals surface area contributed by atoms with Crippen molar-refractivity contribution in [3.8, 4) is 0 Å². The summed E-state index contributed by atoms with van der Waals surface area (Å²) in [4.78, 5) is 39.4. The van der Waals surface area contributed by atoms with Crippen LogP contribution in [0.4, 0.5) is 4.79 Å². The maximum absolute atomic E-state index is 12.5. The van der Waals surface area contributed by atoms with Crippen LogP contribution in [0.25, 0.3) is 0 Å². The van der Waals surface area contributed by atoms with E-state index in [2.05, 4.69) is 0 Å². The number of hydrogen-bond acceptors (Lipinski definition) is 3. The minimum atomic E-state index is -1.06. The number of nitrogens with zero attached hydrogens (tertiary/aromatic N) is 2. The molecule has 0 radical (unpaired) electrons. The summed E-state index contributed by atoms with van der Waals surface area (Å²) >= 11 is 0. The van der Waals surface area contributed by atoms with E-state index in [4.69, 9.17) is 0 Å². The molecule has 24 heavy (non-hydrogen) atoms. The van der Waals surface area contributed by atoms with Gasteiger partial charge >= 0.3 is 6.09 Å². The molecular weight excluding hydrogens is 308 g/mol. The molecule has 0 spiro atoms. The molecule has 0 fully saturated rings. The third kappa shape index (κ3) is 3.13. The molecule has 1 aromatic rings. The van der Waals surface area contributed by atoms with Crippen molar-refractivity contribution in [2.24, 2.45) is 5.92 Å². The van der Waals surface area contributed by atoms with Crippen molar-refractivity contribution in [1.82, 2.24) is 9.80 Å². The van der Waals surface area contributed by atoms with E-state index in [-0.39, 0.29) is 24.3 Å². The van der Waals surface area contributed by atoms with Gasteiger partial charge in [0.25, 0.3) is 11.8 Å². The van der Waals surface area contributed by atoms with Gasteiger partial charge in [-0.3, -0.25) is 19.4 Å².